The van der Waals surface area contributed by atoms with Crippen LogP contribution in [0.4, 0.5) is 0 Å². The number of aryl methyl sites for hydroxylation is 1. The predicted octanol–water partition coefficient (Wildman–Crippen LogP) is 3.23. The van der Waals surface area contributed by atoms with Gasteiger partial charge in [-0.2, -0.15) is 0 Å². The van der Waals surface area contributed by atoms with Gasteiger partial charge in [0.15, 0.2) is 0 Å². The fourth-order valence-corrected chi connectivity index (χ4v) is 2.74. The Morgan fingerprint density at radius 1 is 1.32 bits per heavy atom. The standard InChI is InChI=1S/C15H17NO2S/c1-2-11-6-3-4-8-13(11)14(15(17)18)16-10-12-7-5-9-19-12/h3-9,14,16H,2,10H2,1H3,(H,17,18). The van der Waals surface area contributed by atoms with Gasteiger partial charge >= 0.3 is 5.97 Å². The van der Waals surface area contributed by atoms with Crippen molar-refractivity contribution in [3.05, 3.63) is 57.8 Å². The molecular formula is C15H17NO2S. The summed E-state index contributed by atoms with van der Waals surface area (Å²) < 4.78 is 0. The second kappa shape index (κ2) is 6.50. The molecule has 0 radical (unpaired) electrons. The van der Waals surface area contributed by atoms with Crippen molar-refractivity contribution in [3.63, 3.8) is 0 Å². The molecule has 1 heterocycles. The lowest BCUT2D eigenvalue weighted by molar-refractivity contribution is -0.139. The molecular weight excluding hydrogens is 258 g/mol. The smallest absolute Gasteiger partial charge is 0.325 e. The van der Waals surface area contributed by atoms with Crippen LogP contribution in [0.5, 0.6) is 0 Å². The summed E-state index contributed by atoms with van der Waals surface area (Å²) in [4.78, 5) is 12.6. The number of aliphatic carboxylic acids is 1. The van der Waals surface area contributed by atoms with Crippen LogP contribution in [0.1, 0.15) is 29.0 Å². The molecule has 19 heavy (non-hydrogen) atoms. The fraction of sp³-hybridized carbons (Fsp3) is 0.267. The van der Waals surface area contributed by atoms with Crippen LogP contribution in [0, 0.1) is 0 Å². The first-order valence-corrected chi connectivity index (χ1v) is 7.16. The molecule has 0 bridgehead atoms. The molecule has 3 nitrogen and oxygen atoms in total. The lowest BCUT2D eigenvalue weighted by Crippen LogP contribution is -2.28. The minimum atomic E-state index is -0.836. The van der Waals surface area contributed by atoms with Crippen LogP contribution >= 0.6 is 11.3 Å². The first-order valence-electron chi connectivity index (χ1n) is 6.28. The molecule has 0 fully saturated rings. The van der Waals surface area contributed by atoms with Crippen LogP contribution in [-0.4, -0.2) is 11.1 Å². The maximum atomic E-state index is 11.5. The third kappa shape index (κ3) is 3.43. The Morgan fingerprint density at radius 3 is 2.74 bits per heavy atom. The molecule has 4 heteroatoms. The molecule has 0 saturated carbocycles. The zero-order chi connectivity index (χ0) is 13.7. The molecule has 100 valence electrons. The van der Waals surface area contributed by atoms with Crippen molar-refractivity contribution in [1.82, 2.24) is 5.32 Å². The van der Waals surface area contributed by atoms with Crippen molar-refractivity contribution in [2.75, 3.05) is 0 Å². The van der Waals surface area contributed by atoms with E-state index in [2.05, 4.69) is 5.32 Å². The van der Waals surface area contributed by atoms with Crippen molar-refractivity contribution in [1.29, 1.82) is 0 Å². The number of carbonyl (C=O) groups is 1. The SMILES string of the molecule is CCc1ccccc1C(NCc1cccs1)C(=O)O. The number of carboxylic acid groups (broad SMARTS) is 1. The van der Waals surface area contributed by atoms with Crippen molar-refractivity contribution >= 4 is 17.3 Å². The average Bonchev–Trinajstić information content (AvgIpc) is 2.92. The van der Waals surface area contributed by atoms with Crippen LogP contribution in [0.2, 0.25) is 0 Å². The molecule has 1 atom stereocenters. The Labute approximate surface area is 116 Å². The molecule has 0 amide bonds. The quantitative estimate of drug-likeness (QED) is 0.851. The topological polar surface area (TPSA) is 49.3 Å². The van der Waals surface area contributed by atoms with E-state index >= 15 is 0 Å². The summed E-state index contributed by atoms with van der Waals surface area (Å²) in [6.07, 6.45) is 0.834. The van der Waals surface area contributed by atoms with Gasteiger partial charge in [-0.15, -0.1) is 11.3 Å². The fourth-order valence-electron chi connectivity index (χ4n) is 2.08. The largest absolute Gasteiger partial charge is 0.480 e. The molecule has 0 spiro atoms. The molecule has 1 aromatic carbocycles. The minimum absolute atomic E-state index is 0.576. The van der Waals surface area contributed by atoms with E-state index in [1.165, 1.54) is 0 Å². The molecule has 0 saturated heterocycles. The summed E-state index contributed by atoms with van der Waals surface area (Å²) in [5.74, 6) is -0.836. The van der Waals surface area contributed by atoms with E-state index in [0.717, 1.165) is 22.4 Å². The van der Waals surface area contributed by atoms with E-state index in [1.54, 1.807) is 11.3 Å². The maximum absolute atomic E-state index is 11.5. The summed E-state index contributed by atoms with van der Waals surface area (Å²) >= 11 is 1.63. The Bertz CT molecular complexity index is 537. The third-order valence-corrected chi connectivity index (χ3v) is 3.93. The molecule has 0 aliphatic carbocycles. The van der Waals surface area contributed by atoms with Gasteiger partial charge in [-0.05, 0) is 29.0 Å². The normalized spacial score (nSPS) is 12.3. The zero-order valence-electron chi connectivity index (χ0n) is 10.8. The number of nitrogens with one attached hydrogen (secondary N) is 1. The van der Waals surface area contributed by atoms with Gasteiger partial charge in [-0.1, -0.05) is 37.3 Å². The number of rotatable bonds is 6. The van der Waals surface area contributed by atoms with Crippen LogP contribution in [0.15, 0.2) is 41.8 Å². The van der Waals surface area contributed by atoms with Crippen molar-refractivity contribution < 1.29 is 9.90 Å². The van der Waals surface area contributed by atoms with E-state index in [0.29, 0.717) is 6.54 Å². The van der Waals surface area contributed by atoms with E-state index < -0.39 is 12.0 Å². The Morgan fingerprint density at radius 2 is 2.11 bits per heavy atom. The minimum Gasteiger partial charge on any atom is -0.480 e. The summed E-state index contributed by atoms with van der Waals surface area (Å²) in [5, 5.41) is 14.5. The first-order chi connectivity index (χ1) is 9.22. The van der Waals surface area contributed by atoms with Crippen LogP contribution in [0.25, 0.3) is 0 Å². The number of carboxylic acids is 1. The lowest BCUT2D eigenvalue weighted by atomic mass is 9.98. The van der Waals surface area contributed by atoms with Crippen molar-refractivity contribution in [2.24, 2.45) is 0 Å². The number of benzene rings is 1. The second-order valence-electron chi connectivity index (χ2n) is 4.28. The maximum Gasteiger partial charge on any atom is 0.325 e. The lowest BCUT2D eigenvalue weighted by Gasteiger charge is -2.17. The molecule has 0 aliphatic rings. The Hall–Kier alpha value is -1.65. The predicted molar refractivity (Wildman–Crippen MR) is 77.4 cm³/mol. The first kappa shape index (κ1) is 13.8. The average molecular weight is 275 g/mol. The summed E-state index contributed by atoms with van der Waals surface area (Å²) in [7, 11) is 0. The van der Waals surface area contributed by atoms with E-state index in [4.69, 9.17) is 0 Å². The zero-order valence-corrected chi connectivity index (χ0v) is 11.6. The van der Waals surface area contributed by atoms with Crippen LogP contribution in [-0.2, 0) is 17.8 Å². The third-order valence-electron chi connectivity index (χ3n) is 3.05. The Balaban J connectivity index is 2.17. The highest BCUT2D eigenvalue weighted by atomic mass is 32.1. The van der Waals surface area contributed by atoms with Gasteiger partial charge in [0, 0.05) is 11.4 Å². The van der Waals surface area contributed by atoms with E-state index in [1.807, 2.05) is 48.7 Å². The van der Waals surface area contributed by atoms with Crippen molar-refractivity contribution in [2.45, 2.75) is 25.9 Å². The Kier molecular flexibility index (Phi) is 4.71. The van der Waals surface area contributed by atoms with E-state index in [9.17, 15) is 9.90 Å². The van der Waals surface area contributed by atoms with Crippen LogP contribution in [0.3, 0.4) is 0 Å². The van der Waals surface area contributed by atoms with Gasteiger partial charge < -0.3 is 5.11 Å². The van der Waals surface area contributed by atoms with Gasteiger partial charge in [0.1, 0.15) is 6.04 Å². The van der Waals surface area contributed by atoms with Gasteiger partial charge in [0.05, 0.1) is 0 Å². The molecule has 1 aromatic heterocycles. The van der Waals surface area contributed by atoms with Crippen LogP contribution < -0.4 is 5.32 Å². The van der Waals surface area contributed by atoms with Gasteiger partial charge in [-0.3, -0.25) is 10.1 Å². The van der Waals surface area contributed by atoms with Gasteiger partial charge in [-0.25, -0.2) is 0 Å². The van der Waals surface area contributed by atoms with E-state index in [-0.39, 0.29) is 0 Å². The second-order valence-corrected chi connectivity index (χ2v) is 5.32. The summed E-state index contributed by atoms with van der Waals surface area (Å²) in [6.45, 7) is 2.61. The summed E-state index contributed by atoms with van der Waals surface area (Å²) in [6, 6.07) is 11.0. The number of thiophene rings is 1. The summed E-state index contributed by atoms with van der Waals surface area (Å²) in [5.41, 5.74) is 1.93. The molecule has 1 unspecified atom stereocenters. The van der Waals surface area contributed by atoms with Gasteiger partial charge in [0.2, 0.25) is 0 Å². The molecule has 2 aromatic rings. The molecule has 0 aliphatic heterocycles. The van der Waals surface area contributed by atoms with Gasteiger partial charge in [0.25, 0.3) is 0 Å². The number of hydrogen-bond donors (Lipinski definition) is 2. The number of hydrogen-bond acceptors (Lipinski definition) is 3. The highest BCUT2D eigenvalue weighted by Crippen LogP contribution is 2.20. The molecule has 2 rings (SSSR count). The van der Waals surface area contributed by atoms with Crippen molar-refractivity contribution in [3.8, 4) is 0 Å². The highest BCUT2D eigenvalue weighted by Gasteiger charge is 2.21. The monoisotopic (exact) mass is 275 g/mol. The highest BCUT2D eigenvalue weighted by molar-refractivity contribution is 7.09. The molecule has 2 N–H and O–H groups in total.